The molecule has 204 valence electrons. The summed E-state index contributed by atoms with van der Waals surface area (Å²) in [5.74, 6) is -4.89. The van der Waals surface area contributed by atoms with Crippen molar-refractivity contribution in [1.82, 2.24) is 9.88 Å². The molecule has 4 rings (SSSR count). The summed E-state index contributed by atoms with van der Waals surface area (Å²) < 4.78 is 68.6. The minimum Gasteiger partial charge on any atom is -0.475 e. The lowest BCUT2D eigenvalue weighted by atomic mass is 9.78. The maximum absolute atomic E-state index is 13.1. The molecule has 0 radical (unpaired) electrons. The van der Waals surface area contributed by atoms with Gasteiger partial charge in [0.2, 0.25) is 5.91 Å². The first-order chi connectivity index (χ1) is 17.1. The summed E-state index contributed by atoms with van der Waals surface area (Å²) in [5, 5.41) is 14.2. The van der Waals surface area contributed by atoms with E-state index in [-0.39, 0.29) is 11.3 Å². The third kappa shape index (κ3) is 7.68. The van der Waals surface area contributed by atoms with E-state index in [1.165, 1.54) is 5.56 Å². The standard InChI is InChI=1S/C18H21N3O2.2C2HF3O2/c1-14-10-20(11-15-4-8-23-12-15)13-18(14)5-7-21(17(18)22)16-3-2-6-19-9-16;2*3-2(4,5)1(6)7/h2-4,6,8-9,12,14H,5,7,10-11,13H2,1H3;2*(H,6,7)/t14-,18-;;/m1../s1. The summed E-state index contributed by atoms with van der Waals surface area (Å²) in [7, 11) is 0. The number of carboxylic acid groups (broad SMARTS) is 2. The average Bonchev–Trinajstić information content (AvgIpc) is 3.50. The number of hydrogen-bond acceptors (Lipinski definition) is 6. The second-order valence-corrected chi connectivity index (χ2v) is 8.38. The van der Waals surface area contributed by atoms with E-state index >= 15 is 0 Å². The van der Waals surface area contributed by atoms with Gasteiger partial charge in [0.25, 0.3) is 0 Å². The van der Waals surface area contributed by atoms with Gasteiger partial charge in [0, 0.05) is 37.9 Å². The van der Waals surface area contributed by atoms with E-state index in [9.17, 15) is 31.1 Å². The highest BCUT2D eigenvalue weighted by Crippen LogP contribution is 2.46. The summed E-state index contributed by atoms with van der Waals surface area (Å²) >= 11 is 0. The molecule has 0 bridgehead atoms. The second kappa shape index (κ2) is 11.6. The molecule has 0 aromatic carbocycles. The lowest BCUT2D eigenvalue weighted by molar-refractivity contribution is -0.193. The largest absolute Gasteiger partial charge is 0.490 e. The third-order valence-corrected chi connectivity index (χ3v) is 5.86. The van der Waals surface area contributed by atoms with E-state index in [1.54, 1.807) is 24.9 Å². The van der Waals surface area contributed by atoms with Crippen molar-refractivity contribution < 1.29 is 55.4 Å². The normalized spacial score (nSPS) is 21.8. The van der Waals surface area contributed by atoms with Gasteiger partial charge in [-0.1, -0.05) is 6.92 Å². The lowest BCUT2D eigenvalue weighted by Gasteiger charge is -2.26. The van der Waals surface area contributed by atoms with Crippen LogP contribution in [0.5, 0.6) is 0 Å². The highest BCUT2D eigenvalue weighted by atomic mass is 19.4. The van der Waals surface area contributed by atoms with E-state index < -0.39 is 24.3 Å². The van der Waals surface area contributed by atoms with Gasteiger partial charge in [0.1, 0.15) is 0 Å². The molecule has 1 spiro atoms. The number of pyridine rings is 1. The van der Waals surface area contributed by atoms with Gasteiger partial charge >= 0.3 is 24.3 Å². The number of hydrogen-bond donors (Lipinski definition) is 2. The van der Waals surface area contributed by atoms with Crippen molar-refractivity contribution in [3.8, 4) is 0 Å². The molecule has 2 aromatic rings. The van der Waals surface area contributed by atoms with Gasteiger partial charge in [-0.15, -0.1) is 0 Å². The minimum atomic E-state index is -5.08. The molecule has 0 saturated carbocycles. The molecule has 2 fully saturated rings. The highest BCUT2D eigenvalue weighted by Gasteiger charge is 2.55. The number of carboxylic acids is 2. The zero-order valence-corrected chi connectivity index (χ0v) is 19.3. The van der Waals surface area contributed by atoms with Crippen LogP contribution >= 0.6 is 0 Å². The Morgan fingerprint density at radius 1 is 1.14 bits per heavy atom. The van der Waals surface area contributed by atoms with Gasteiger partial charge in [0.05, 0.1) is 29.8 Å². The van der Waals surface area contributed by atoms with Crippen LogP contribution in [0, 0.1) is 11.3 Å². The number of aliphatic carboxylic acids is 2. The number of furan rings is 1. The number of rotatable bonds is 3. The average molecular weight is 539 g/mol. The minimum absolute atomic E-state index is 0.250. The van der Waals surface area contributed by atoms with E-state index in [4.69, 9.17) is 24.2 Å². The first-order valence-corrected chi connectivity index (χ1v) is 10.6. The zero-order valence-electron chi connectivity index (χ0n) is 19.3. The predicted octanol–water partition coefficient (Wildman–Crippen LogP) is 3.82. The summed E-state index contributed by atoms with van der Waals surface area (Å²) in [4.78, 5) is 39.4. The van der Waals surface area contributed by atoms with Crippen molar-refractivity contribution >= 4 is 23.5 Å². The van der Waals surface area contributed by atoms with Gasteiger partial charge in [-0.2, -0.15) is 26.3 Å². The van der Waals surface area contributed by atoms with Crippen molar-refractivity contribution in [2.75, 3.05) is 24.5 Å². The fraction of sp³-hybridized carbons (Fsp3) is 0.455. The number of carbonyl (C=O) groups is 3. The summed E-state index contributed by atoms with van der Waals surface area (Å²) in [6, 6.07) is 5.84. The van der Waals surface area contributed by atoms with Crippen molar-refractivity contribution in [2.24, 2.45) is 11.3 Å². The van der Waals surface area contributed by atoms with Crippen LogP contribution in [-0.4, -0.2) is 69.9 Å². The monoisotopic (exact) mass is 539 g/mol. The van der Waals surface area contributed by atoms with Crippen molar-refractivity contribution in [2.45, 2.75) is 32.2 Å². The molecule has 2 N–H and O–H groups in total. The molecular weight excluding hydrogens is 516 g/mol. The Hall–Kier alpha value is -3.62. The van der Waals surface area contributed by atoms with Gasteiger partial charge in [0.15, 0.2) is 0 Å². The Kier molecular flexibility index (Phi) is 9.30. The molecule has 2 aliphatic rings. The van der Waals surface area contributed by atoms with Crippen LogP contribution in [0.3, 0.4) is 0 Å². The Morgan fingerprint density at radius 3 is 2.19 bits per heavy atom. The molecule has 37 heavy (non-hydrogen) atoms. The summed E-state index contributed by atoms with van der Waals surface area (Å²) in [6.07, 6.45) is -2.24. The molecule has 9 nitrogen and oxygen atoms in total. The van der Waals surface area contributed by atoms with Crippen molar-refractivity contribution in [1.29, 1.82) is 0 Å². The van der Waals surface area contributed by atoms with Crippen LogP contribution in [0.4, 0.5) is 32.0 Å². The van der Waals surface area contributed by atoms with Gasteiger partial charge in [-0.25, -0.2) is 9.59 Å². The SMILES string of the molecule is C[C@@H]1CN(Cc2ccoc2)C[C@]12CCN(c1cccnc1)C2=O.O=C(O)C(F)(F)F.O=C(O)C(F)(F)F. The molecule has 2 aromatic heterocycles. The smallest absolute Gasteiger partial charge is 0.475 e. The molecule has 1 amide bonds. The third-order valence-electron chi connectivity index (χ3n) is 5.86. The number of amides is 1. The number of likely N-dealkylation sites (tertiary alicyclic amines) is 1. The number of carbonyl (C=O) groups excluding carboxylic acids is 1. The number of alkyl halides is 6. The van der Waals surface area contributed by atoms with Crippen LogP contribution in [0.15, 0.2) is 47.5 Å². The number of halogens is 6. The van der Waals surface area contributed by atoms with Gasteiger partial charge in [-0.3, -0.25) is 14.7 Å². The lowest BCUT2D eigenvalue weighted by Crippen LogP contribution is -2.39. The first-order valence-electron chi connectivity index (χ1n) is 10.6. The zero-order chi connectivity index (χ0) is 28.0. The Morgan fingerprint density at radius 2 is 1.73 bits per heavy atom. The van der Waals surface area contributed by atoms with Crippen molar-refractivity contribution in [3.05, 3.63) is 48.7 Å². The molecule has 0 aliphatic carbocycles. The van der Waals surface area contributed by atoms with Crippen molar-refractivity contribution in [3.63, 3.8) is 0 Å². The Bertz CT molecular complexity index is 1040. The summed E-state index contributed by atoms with van der Waals surface area (Å²) in [5.41, 5.74) is 1.83. The molecule has 2 saturated heterocycles. The number of aromatic nitrogens is 1. The van der Waals surface area contributed by atoms with Crippen LogP contribution < -0.4 is 4.90 Å². The highest BCUT2D eigenvalue weighted by molar-refractivity contribution is 6.00. The molecular formula is C22H23F6N3O6. The predicted molar refractivity (Wildman–Crippen MR) is 114 cm³/mol. The van der Waals surface area contributed by atoms with Gasteiger partial charge < -0.3 is 19.5 Å². The first kappa shape index (κ1) is 29.6. The van der Waals surface area contributed by atoms with Crippen LogP contribution in [0.25, 0.3) is 0 Å². The van der Waals surface area contributed by atoms with E-state index in [1.807, 2.05) is 23.1 Å². The molecule has 15 heteroatoms. The fourth-order valence-electron chi connectivity index (χ4n) is 4.09. The van der Waals surface area contributed by atoms with Crippen LogP contribution in [0.1, 0.15) is 18.9 Å². The van der Waals surface area contributed by atoms with E-state index in [0.29, 0.717) is 5.92 Å². The Labute approximate surface area is 206 Å². The summed E-state index contributed by atoms with van der Waals surface area (Å²) in [6.45, 7) is 5.63. The van der Waals surface area contributed by atoms with E-state index in [0.717, 1.165) is 38.3 Å². The van der Waals surface area contributed by atoms with Gasteiger partial charge in [-0.05, 0) is 30.5 Å². The van der Waals surface area contributed by atoms with E-state index in [2.05, 4.69) is 16.8 Å². The topological polar surface area (TPSA) is 124 Å². The fourth-order valence-corrected chi connectivity index (χ4v) is 4.09. The quantitative estimate of drug-likeness (QED) is 0.565. The van der Waals surface area contributed by atoms with Crippen LogP contribution in [0.2, 0.25) is 0 Å². The molecule has 0 unspecified atom stereocenters. The molecule has 2 atom stereocenters. The molecule has 2 aliphatic heterocycles. The second-order valence-electron chi connectivity index (χ2n) is 8.38. The maximum atomic E-state index is 13.1. The number of nitrogens with zero attached hydrogens (tertiary/aromatic N) is 3. The van der Waals surface area contributed by atoms with Crippen LogP contribution in [-0.2, 0) is 20.9 Å². The Balaban J connectivity index is 0.000000286. The number of anilines is 1. The maximum Gasteiger partial charge on any atom is 0.490 e. The molecule has 4 heterocycles.